The van der Waals surface area contributed by atoms with Crippen LogP contribution in [0.3, 0.4) is 0 Å². The number of ketones is 1. The van der Waals surface area contributed by atoms with Crippen molar-refractivity contribution in [2.45, 2.75) is 6.42 Å². The molecule has 0 aliphatic heterocycles. The van der Waals surface area contributed by atoms with Gasteiger partial charge in [0.05, 0.1) is 18.6 Å². The van der Waals surface area contributed by atoms with E-state index < -0.39 is 0 Å². The van der Waals surface area contributed by atoms with Crippen molar-refractivity contribution in [3.05, 3.63) is 53.1 Å². The van der Waals surface area contributed by atoms with Crippen LogP contribution >= 0.6 is 11.6 Å². The van der Waals surface area contributed by atoms with Crippen molar-refractivity contribution in [2.24, 2.45) is 0 Å². The molecular weight excluding hydrogens is 252 g/mol. The Bertz CT molecular complexity index is 558. The molecule has 0 fully saturated rings. The lowest BCUT2D eigenvalue weighted by molar-refractivity contribution is 0.0991. The summed E-state index contributed by atoms with van der Waals surface area (Å²) in [6.07, 6.45) is 3.37. The first kappa shape index (κ1) is 12.5. The van der Waals surface area contributed by atoms with Crippen molar-refractivity contribution in [3.8, 4) is 5.75 Å². The maximum absolute atomic E-state index is 12.0. The summed E-state index contributed by atoms with van der Waals surface area (Å²) < 4.78 is 5.03. The molecule has 18 heavy (non-hydrogen) atoms. The molecule has 5 heteroatoms. The van der Waals surface area contributed by atoms with Crippen LogP contribution in [0.15, 0.2) is 36.7 Å². The van der Waals surface area contributed by atoms with Crippen LogP contribution in [0, 0.1) is 0 Å². The number of hydrogen-bond acceptors (Lipinski definition) is 4. The topological polar surface area (TPSA) is 52.1 Å². The summed E-state index contributed by atoms with van der Waals surface area (Å²) in [6, 6.07) is 6.64. The van der Waals surface area contributed by atoms with Crippen molar-refractivity contribution in [3.63, 3.8) is 0 Å². The van der Waals surface area contributed by atoms with Gasteiger partial charge in [0.25, 0.3) is 0 Å². The van der Waals surface area contributed by atoms with E-state index in [2.05, 4.69) is 9.97 Å². The molecule has 0 aliphatic carbocycles. The zero-order valence-electron chi connectivity index (χ0n) is 9.76. The van der Waals surface area contributed by atoms with Crippen molar-refractivity contribution < 1.29 is 9.53 Å². The number of rotatable bonds is 4. The van der Waals surface area contributed by atoms with E-state index in [9.17, 15) is 4.79 Å². The molecule has 0 unspecified atom stereocenters. The lowest BCUT2D eigenvalue weighted by Gasteiger charge is -2.05. The minimum Gasteiger partial charge on any atom is -0.495 e. The lowest BCUT2D eigenvalue weighted by Crippen LogP contribution is -2.06. The van der Waals surface area contributed by atoms with Gasteiger partial charge in [0.15, 0.2) is 5.78 Å². The number of ether oxygens (including phenoxy) is 1. The maximum atomic E-state index is 12.0. The number of benzene rings is 1. The van der Waals surface area contributed by atoms with E-state index >= 15 is 0 Å². The minimum absolute atomic E-state index is 0.0780. The van der Waals surface area contributed by atoms with Crippen LogP contribution in [0.4, 0.5) is 0 Å². The van der Waals surface area contributed by atoms with E-state index in [0.29, 0.717) is 22.2 Å². The van der Waals surface area contributed by atoms with Crippen LogP contribution < -0.4 is 4.74 Å². The molecule has 0 saturated heterocycles. The highest BCUT2D eigenvalue weighted by atomic mass is 35.5. The maximum Gasteiger partial charge on any atom is 0.170 e. The molecule has 0 N–H and O–H groups in total. The molecule has 4 nitrogen and oxygen atoms in total. The predicted octanol–water partition coefficient (Wildman–Crippen LogP) is 2.56. The van der Waals surface area contributed by atoms with Crippen LogP contribution in [0.25, 0.3) is 0 Å². The second-order valence-electron chi connectivity index (χ2n) is 3.61. The van der Waals surface area contributed by atoms with E-state index in [0.717, 1.165) is 0 Å². The quantitative estimate of drug-likeness (QED) is 0.795. The smallest absolute Gasteiger partial charge is 0.170 e. The number of aromatic nitrogens is 2. The minimum atomic E-state index is -0.0780. The molecule has 2 rings (SSSR count). The third-order valence-corrected chi connectivity index (χ3v) is 2.71. The van der Waals surface area contributed by atoms with Crippen LogP contribution in [0.2, 0.25) is 5.02 Å². The van der Waals surface area contributed by atoms with Crippen molar-refractivity contribution in [1.82, 2.24) is 9.97 Å². The highest BCUT2D eigenvalue weighted by Crippen LogP contribution is 2.25. The van der Waals surface area contributed by atoms with Gasteiger partial charge < -0.3 is 4.74 Å². The van der Waals surface area contributed by atoms with E-state index in [4.69, 9.17) is 16.3 Å². The summed E-state index contributed by atoms with van der Waals surface area (Å²) in [6.45, 7) is 0. The third kappa shape index (κ3) is 2.84. The SMILES string of the molecule is COc1ccc(C(=O)Cc2ncccn2)cc1Cl. The van der Waals surface area contributed by atoms with Gasteiger partial charge in [0.2, 0.25) is 0 Å². The van der Waals surface area contributed by atoms with Crippen molar-refractivity contribution >= 4 is 17.4 Å². The monoisotopic (exact) mass is 262 g/mol. The van der Waals surface area contributed by atoms with E-state index in [1.54, 1.807) is 36.7 Å². The predicted molar refractivity (Wildman–Crippen MR) is 68.1 cm³/mol. The van der Waals surface area contributed by atoms with Crippen LogP contribution in [-0.4, -0.2) is 22.9 Å². The average Bonchev–Trinajstić information content (AvgIpc) is 2.39. The highest BCUT2D eigenvalue weighted by Gasteiger charge is 2.11. The lowest BCUT2D eigenvalue weighted by atomic mass is 10.1. The fourth-order valence-corrected chi connectivity index (χ4v) is 1.76. The number of nitrogens with zero attached hydrogens (tertiary/aromatic N) is 2. The molecule has 0 radical (unpaired) electrons. The molecule has 0 amide bonds. The fraction of sp³-hybridized carbons (Fsp3) is 0.154. The number of Topliss-reactive ketones (excluding diaryl/α,β-unsaturated/α-hetero) is 1. The summed E-state index contributed by atoms with van der Waals surface area (Å²) >= 11 is 5.97. The standard InChI is InChI=1S/C13H11ClN2O2/c1-18-12-4-3-9(7-10(12)14)11(17)8-13-15-5-2-6-16-13/h2-7H,8H2,1H3. The Balaban J connectivity index is 2.17. The highest BCUT2D eigenvalue weighted by molar-refractivity contribution is 6.32. The first-order valence-electron chi connectivity index (χ1n) is 5.33. The Kier molecular flexibility index (Phi) is 3.89. The number of carbonyl (C=O) groups is 1. The fourth-order valence-electron chi connectivity index (χ4n) is 1.51. The third-order valence-electron chi connectivity index (χ3n) is 2.41. The molecule has 0 saturated carbocycles. The van der Waals surface area contributed by atoms with Crippen molar-refractivity contribution in [1.29, 1.82) is 0 Å². The van der Waals surface area contributed by atoms with Gasteiger partial charge in [0, 0.05) is 18.0 Å². The Labute approximate surface area is 110 Å². The number of halogens is 1. The van der Waals surface area contributed by atoms with Crippen LogP contribution in [-0.2, 0) is 6.42 Å². The van der Waals surface area contributed by atoms with Gasteiger partial charge >= 0.3 is 0 Å². The Morgan fingerprint density at radius 1 is 1.33 bits per heavy atom. The Hall–Kier alpha value is -1.94. The molecule has 1 aromatic carbocycles. The van der Waals surface area contributed by atoms with Gasteiger partial charge in [0.1, 0.15) is 11.6 Å². The molecular formula is C13H11ClN2O2. The van der Waals surface area contributed by atoms with Gasteiger partial charge in [-0.1, -0.05) is 11.6 Å². The van der Waals surface area contributed by atoms with Gasteiger partial charge in [-0.05, 0) is 24.3 Å². The van der Waals surface area contributed by atoms with E-state index in [1.165, 1.54) is 7.11 Å². The van der Waals surface area contributed by atoms with Gasteiger partial charge in [-0.25, -0.2) is 9.97 Å². The summed E-state index contributed by atoms with van der Waals surface area (Å²) in [5.74, 6) is 0.962. The molecule has 0 atom stereocenters. The second kappa shape index (κ2) is 5.60. The number of carbonyl (C=O) groups excluding carboxylic acids is 1. The molecule has 1 heterocycles. The Morgan fingerprint density at radius 3 is 2.67 bits per heavy atom. The zero-order valence-corrected chi connectivity index (χ0v) is 10.5. The first-order valence-corrected chi connectivity index (χ1v) is 5.71. The normalized spacial score (nSPS) is 10.1. The molecule has 1 aromatic heterocycles. The van der Waals surface area contributed by atoms with Crippen molar-refractivity contribution in [2.75, 3.05) is 7.11 Å². The summed E-state index contributed by atoms with van der Waals surface area (Å²) in [5.41, 5.74) is 0.522. The van der Waals surface area contributed by atoms with Gasteiger partial charge in [-0.15, -0.1) is 0 Å². The molecule has 0 spiro atoms. The van der Waals surface area contributed by atoms with E-state index in [-0.39, 0.29) is 12.2 Å². The Morgan fingerprint density at radius 2 is 2.06 bits per heavy atom. The summed E-state index contributed by atoms with van der Waals surface area (Å²) in [7, 11) is 1.53. The number of hydrogen-bond donors (Lipinski definition) is 0. The summed E-state index contributed by atoms with van der Waals surface area (Å²) in [4.78, 5) is 20.0. The largest absolute Gasteiger partial charge is 0.495 e. The van der Waals surface area contributed by atoms with Gasteiger partial charge in [-0.2, -0.15) is 0 Å². The zero-order chi connectivity index (χ0) is 13.0. The van der Waals surface area contributed by atoms with Gasteiger partial charge in [-0.3, -0.25) is 4.79 Å². The number of methoxy groups -OCH3 is 1. The molecule has 0 aliphatic rings. The molecule has 92 valence electrons. The summed E-state index contributed by atoms with van der Waals surface area (Å²) in [5, 5.41) is 0.414. The van der Waals surface area contributed by atoms with E-state index in [1.807, 2.05) is 0 Å². The average molecular weight is 263 g/mol. The second-order valence-corrected chi connectivity index (χ2v) is 4.02. The molecule has 0 bridgehead atoms. The first-order chi connectivity index (χ1) is 8.70. The van der Waals surface area contributed by atoms with Crippen LogP contribution in [0.5, 0.6) is 5.75 Å². The molecule has 2 aromatic rings. The van der Waals surface area contributed by atoms with Crippen LogP contribution in [0.1, 0.15) is 16.2 Å².